The third-order valence-electron chi connectivity index (χ3n) is 4.28. The normalized spacial score (nSPS) is 25.8. The highest BCUT2D eigenvalue weighted by molar-refractivity contribution is 5.81. The molecular weight excluding hydrogens is 346 g/mol. The molecule has 4 heterocycles. The zero-order valence-corrected chi connectivity index (χ0v) is 13.3. The molecule has 1 fully saturated rings. The maximum Gasteiger partial charge on any atom is 0.330 e. The Balaban J connectivity index is 1.64. The van der Waals surface area contributed by atoms with Crippen molar-refractivity contribution in [3.63, 3.8) is 0 Å². The van der Waals surface area contributed by atoms with E-state index in [1.54, 1.807) is 4.57 Å². The highest BCUT2D eigenvalue weighted by atomic mass is 16.6. The van der Waals surface area contributed by atoms with Gasteiger partial charge in [0, 0.05) is 12.3 Å². The zero-order chi connectivity index (χ0) is 18.4. The maximum atomic E-state index is 11.9. The van der Waals surface area contributed by atoms with Crippen molar-refractivity contribution in [2.75, 3.05) is 5.73 Å². The minimum Gasteiger partial charge on any atom is -0.387 e. The van der Waals surface area contributed by atoms with E-state index in [2.05, 4.69) is 19.9 Å². The van der Waals surface area contributed by atoms with Crippen LogP contribution >= 0.6 is 0 Å². The molecule has 0 aliphatic carbocycles. The van der Waals surface area contributed by atoms with Crippen LogP contribution in [0.3, 0.4) is 0 Å². The average Bonchev–Trinajstić information content (AvgIpc) is 3.13. The van der Waals surface area contributed by atoms with Crippen LogP contribution in [0.15, 0.2) is 34.5 Å². The van der Waals surface area contributed by atoms with Gasteiger partial charge in [-0.3, -0.25) is 14.3 Å². The number of hydrogen-bond acceptors (Lipinski definition) is 9. The van der Waals surface area contributed by atoms with Gasteiger partial charge in [0.15, 0.2) is 17.7 Å². The largest absolute Gasteiger partial charge is 0.387 e. The number of ether oxygens (including phenoxy) is 1. The van der Waals surface area contributed by atoms with Gasteiger partial charge in [0.05, 0.1) is 12.9 Å². The van der Waals surface area contributed by atoms with Crippen molar-refractivity contribution in [1.82, 2.24) is 29.1 Å². The van der Waals surface area contributed by atoms with Crippen molar-refractivity contribution < 1.29 is 14.9 Å². The number of anilines is 1. The predicted octanol–water partition coefficient (Wildman–Crippen LogP) is -2.42. The van der Waals surface area contributed by atoms with E-state index < -0.39 is 35.8 Å². The standard InChI is InChI=1S/C14H15N7O5/c15-11-8-12(17-4-16-11)18-5-20(8)3-6-9(23)10(24)13(26-6)21-2-1-7(22)19-14(21)25/h1-2,4-6,9-10,13,23-24H,3H2,(H2,15,16,17)(H,19,22,25)/t6-,9-,10-,13-/m1/s1. The molecule has 1 aliphatic heterocycles. The summed E-state index contributed by atoms with van der Waals surface area (Å²) in [6, 6.07) is 1.12. The Hall–Kier alpha value is -3.09. The van der Waals surface area contributed by atoms with E-state index in [9.17, 15) is 19.8 Å². The minimum absolute atomic E-state index is 0.0981. The fourth-order valence-electron chi connectivity index (χ4n) is 3.00. The number of nitrogen functional groups attached to an aromatic ring is 1. The molecule has 0 radical (unpaired) electrons. The number of nitrogens with zero attached hydrogens (tertiary/aromatic N) is 5. The van der Waals surface area contributed by atoms with E-state index in [1.807, 2.05) is 0 Å². The molecule has 26 heavy (non-hydrogen) atoms. The molecule has 3 aromatic heterocycles. The first kappa shape index (κ1) is 16.4. The third kappa shape index (κ3) is 2.56. The smallest absolute Gasteiger partial charge is 0.330 e. The van der Waals surface area contributed by atoms with Crippen LogP contribution in [-0.2, 0) is 11.3 Å². The minimum atomic E-state index is -1.37. The number of aliphatic hydroxyl groups is 2. The Kier molecular flexibility index (Phi) is 3.79. The lowest BCUT2D eigenvalue weighted by molar-refractivity contribution is -0.0437. The van der Waals surface area contributed by atoms with E-state index in [4.69, 9.17) is 10.5 Å². The number of aliphatic hydroxyl groups excluding tert-OH is 2. The van der Waals surface area contributed by atoms with Gasteiger partial charge in [0.25, 0.3) is 5.56 Å². The summed E-state index contributed by atoms with van der Waals surface area (Å²) in [5.74, 6) is 0.217. The average molecular weight is 361 g/mol. The Bertz CT molecular complexity index is 1070. The van der Waals surface area contributed by atoms with Gasteiger partial charge in [0.1, 0.15) is 30.2 Å². The summed E-state index contributed by atoms with van der Waals surface area (Å²) in [5, 5.41) is 20.6. The monoisotopic (exact) mass is 361 g/mol. The molecule has 0 aromatic carbocycles. The number of H-pyrrole nitrogens is 1. The summed E-state index contributed by atoms with van der Waals surface area (Å²) < 4.78 is 8.28. The quantitative estimate of drug-likeness (QED) is 0.395. The van der Waals surface area contributed by atoms with Crippen LogP contribution < -0.4 is 17.0 Å². The molecule has 12 heteroatoms. The molecule has 12 nitrogen and oxygen atoms in total. The van der Waals surface area contributed by atoms with Crippen LogP contribution in [-0.4, -0.2) is 57.6 Å². The van der Waals surface area contributed by atoms with Crippen molar-refractivity contribution in [2.45, 2.75) is 31.1 Å². The summed E-state index contributed by atoms with van der Waals surface area (Å²) in [7, 11) is 0. The van der Waals surface area contributed by atoms with Crippen molar-refractivity contribution in [1.29, 1.82) is 0 Å². The molecule has 3 aromatic rings. The zero-order valence-electron chi connectivity index (χ0n) is 13.3. The Morgan fingerprint density at radius 1 is 1.23 bits per heavy atom. The second kappa shape index (κ2) is 6.01. The van der Waals surface area contributed by atoms with Crippen molar-refractivity contribution in [2.24, 2.45) is 0 Å². The van der Waals surface area contributed by atoms with Crippen LogP contribution in [0.25, 0.3) is 11.2 Å². The summed E-state index contributed by atoms with van der Waals surface area (Å²) >= 11 is 0. The number of rotatable bonds is 3. The summed E-state index contributed by atoms with van der Waals surface area (Å²) in [4.78, 5) is 37.2. The summed E-state index contributed by atoms with van der Waals surface area (Å²) in [6.07, 6.45) is -0.693. The molecule has 0 amide bonds. The SMILES string of the molecule is Nc1ncnc2ncn(C[C@H]3O[C@@H](n4ccc(=O)[nH]c4=O)[C@H](O)[C@@H]3O)c12. The number of nitrogens with two attached hydrogens (primary N) is 1. The van der Waals surface area contributed by atoms with Crippen LogP contribution in [0.1, 0.15) is 6.23 Å². The molecule has 0 bridgehead atoms. The topological polar surface area (TPSA) is 174 Å². The Labute approximate surface area is 144 Å². The second-order valence-electron chi connectivity index (χ2n) is 5.89. The van der Waals surface area contributed by atoms with E-state index in [-0.39, 0.29) is 12.4 Å². The number of nitrogens with one attached hydrogen (secondary N) is 1. The van der Waals surface area contributed by atoms with Crippen molar-refractivity contribution in [3.05, 3.63) is 45.8 Å². The number of fused-ring (bicyclic) bond motifs is 1. The molecule has 1 saturated heterocycles. The third-order valence-corrected chi connectivity index (χ3v) is 4.28. The van der Waals surface area contributed by atoms with Crippen LogP contribution in [0.2, 0.25) is 0 Å². The highest BCUT2D eigenvalue weighted by Crippen LogP contribution is 2.30. The van der Waals surface area contributed by atoms with Gasteiger partial charge in [-0.05, 0) is 0 Å². The molecule has 1 aliphatic rings. The van der Waals surface area contributed by atoms with Crippen molar-refractivity contribution >= 4 is 17.0 Å². The van der Waals surface area contributed by atoms with Gasteiger partial charge in [-0.25, -0.2) is 19.7 Å². The number of imidazole rings is 1. The van der Waals surface area contributed by atoms with Gasteiger partial charge in [-0.1, -0.05) is 0 Å². The first-order valence-corrected chi connectivity index (χ1v) is 7.70. The van der Waals surface area contributed by atoms with Crippen LogP contribution in [0.5, 0.6) is 0 Å². The first-order chi connectivity index (χ1) is 12.5. The molecule has 4 atom stereocenters. The number of hydrogen-bond donors (Lipinski definition) is 4. The first-order valence-electron chi connectivity index (χ1n) is 7.70. The summed E-state index contributed by atoms with van der Waals surface area (Å²) in [6.45, 7) is 0.0981. The Morgan fingerprint density at radius 2 is 2.04 bits per heavy atom. The lowest BCUT2D eigenvalue weighted by atomic mass is 10.1. The van der Waals surface area contributed by atoms with Crippen molar-refractivity contribution in [3.8, 4) is 0 Å². The number of aromatic amines is 1. The molecular formula is C14H15N7O5. The predicted molar refractivity (Wildman–Crippen MR) is 87.0 cm³/mol. The molecule has 5 N–H and O–H groups in total. The molecule has 0 saturated carbocycles. The van der Waals surface area contributed by atoms with Crippen LogP contribution in [0, 0.1) is 0 Å². The maximum absolute atomic E-state index is 11.9. The fourth-order valence-corrected chi connectivity index (χ4v) is 3.00. The van der Waals surface area contributed by atoms with E-state index in [0.29, 0.717) is 11.2 Å². The van der Waals surface area contributed by atoms with Gasteiger partial charge < -0.3 is 25.3 Å². The van der Waals surface area contributed by atoms with Gasteiger partial charge >= 0.3 is 5.69 Å². The lowest BCUT2D eigenvalue weighted by Gasteiger charge is -2.17. The Morgan fingerprint density at radius 3 is 2.81 bits per heavy atom. The van der Waals surface area contributed by atoms with Gasteiger partial charge in [0.2, 0.25) is 0 Å². The summed E-state index contributed by atoms with van der Waals surface area (Å²) in [5.41, 5.74) is 5.39. The van der Waals surface area contributed by atoms with E-state index >= 15 is 0 Å². The molecule has 0 spiro atoms. The van der Waals surface area contributed by atoms with Gasteiger partial charge in [-0.15, -0.1) is 0 Å². The van der Waals surface area contributed by atoms with E-state index in [0.717, 1.165) is 10.6 Å². The molecule has 136 valence electrons. The fraction of sp³-hybridized carbons (Fsp3) is 0.357. The number of aromatic nitrogens is 6. The molecule has 0 unspecified atom stereocenters. The highest BCUT2D eigenvalue weighted by Gasteiger charge is 2.44. The lowest BCUT2D eigenvalue weighted by Crippen LogP contribution is -2.37. The molecule has 4 rings (SSSR count). The second-order valence-corrected chi connectivity index (χ2v) is 5.89. The van der Waals surface area contributed by atoms with Gasteiger partial charge in [-0.2, -0.15) is 0 Å². The van der Waals surface area contributed by atoms with E-state index in [1.165, 1.54) is 18.9 Å². The van der Waals surface area contributed by atoms with Crippen LogP contribution in [0.4, 0.5) is 5.82 Å².